The molecule has 16 heavy (non-hydrogen) atoms. The average molecular weight is 299 g/mol. The van der Waals surface area contributed by atoms with Gasteiger partial charge in [-0.05, 0) is 0 Å². The zero-order chi connectivity index (χ0) is 11.9. The summed E-state index contributed by atoms with van der Waals surface area (Å²) < 4.78 is 36.6. The molecule has 0 saturated carbocycles. The number of aromatic amines is 1. The third-order valence-electron chi connectivity index (χ3n) is 2.06. The Hall–Kier alpha value is -1.12. The first-order chi connectivity index (χ1) is 7.38. The molecule has 1 N–H and O–H groups in total. The molecule has 1 amide bonds. The number of carbonyl (C=O) groups is 1. The lowest BCUT2D eigenvalue weighted by molar-refractivity contribution is -0.144. The normalized spacial score (nSPS) is 21.9. The third-order valence-corrected chi connectivity index (χ3v) is 2.67. The Morgan fingerprint density at radius 1 is 1.50 bits per heavy atom. The lowest BCUT2D eigenvalue weighted by Gasteiger charge is -2.09. The summed E-state index contributed by atoms with van der Waals surface area (Å²) in [6.45, 7) is 0.272. The van der Waals surface area contributed by atoms with E-state index < -0.39 is 12.0 Å². The molecule has 1 unspecified atom stereocenters. The number of amides is 1. The van der Waals surface area contributed by atoms with E-state index in [0.29, 0.717) is 0 Å². The summed E-state index contributed by atoms with van der Waals surface area (Å²) in [4.78, 5) is 15.6. The Morgan fingerprint density at radius 2 is 2.19 bits per heavy atom. The zero-order valence-electron chi connectivity index (χ0n) is 7.75. The largest absolute Gasteiger partial charge is 0.451 e. The number of nitrogens with zero attached hydrogens (tertiary/aromatic N) is 3. The van der Waals surface area contributed by atoms with E-state index in [-0.39, 0.29) is 29.6 Å². The number of halogens is 4. The van der Waals surface area contributed by atoms with Crippen LogP contribution in [0.1, 0.15) is 12.2 Å². The van der Waals surface area contributed by atoms with Gasteiger partial charge in [0.15, 0.2) is 0 Å². The maximum atomic E-state index is 12.2. The average Bonchev–Trinajstić information content (AvgIpc) is 2.70. The van der Waals surface area contributed by atoms with Crippen molar-refractivity contribution in [3.05, 3.63) is 5.82 Å². The van der Waals surface area contributed by atoms with Crippen molar-refractivity contribution in [2.75, 3.05) is 11.4 Å². The topological polar surface area (TPSA) is 61.9 Å². The van der Waals surface area contributed by atoms with Crippen molar-refractivity contribution in [3.8, 4) is 0 Å². The van der Waals surface area contributed by atoms with Crippen molar-refractivity contribution in [1.82, 2.24) is 15.2 Å². The Morgan fingerprint density at radius 3 is 2.62 bits per heavy atom. The monoisotopic (exact) mass is 298 g/mol. The fourth-order valence-corrected chi connectivity index (χ4v) is 1.92. The summed E-state index contributed by atoms with van der Waals surface area (Å²) in [6.07, 6.45) is -4.35. The molecular weight excluding hydrogens is 293 g/mol. The van der Waals surface area contributed by atoms with Gasteiger partial charge in [-0.15, -0.1) is 5.10 Å². The van der Waals surface area contributed by atoms with E-state index in [2.05, 4.69) is 26.0 Å². The summed E-state index contributed by atoms with van der Waals surface area (Å²) in [6, 6.07) is 0. The molecule has 9 heteroatoms. The van der Waals surface area contributed by atoms with Gasteiger partial charge in [0, 0.05) is 17.8 Å². The summed E-state index contributed by atoms with van der Waals surface area (Å²) >= 11 is 3.21. The van der Waals surface area contributed by atoms with Crippen molar-refractivity contribution in [1.29, 1.82) is 0 Å². The first-order valence-electron chi connectivity index (χ1n) is 4.32. The zero-order valence-corrected chi connectivity index (χ0v) is 9.34. The number of alkyl halides is 4. The van der Waals surface area contributed by atoms with Crippen molar-refractivity contribution >= 4 is 27.8 Å². The number of H-pyrrole nitrogens is 1. The second kappa shape index (κ2) is 3.72. The molecule has 1 aliphatic heterocycles. The molecule has 1 aromatic heterocycles. The van der Waals surface area contributed by atoms with Crippen LogP contribution in [0.25, 0.3) is 0 Å². The van der Waals surface area contributed by atoms with Crippen LogP contribution >= 0.6 is 15.9 Å². The number of hydrogen-bond acceptors (Lipinski definition) is 3. The molecule has 5 nitrogen and oxygen atoms in total. The van der Waals surface area contributed by atoms with E-state index >= 15 is 0 Å². The van der Waals surface area contributed by atoms with Crippen LogP contribution in [0.2, 0.25) is 0 Å². The van der Waals surface area contributed by atoms with Gasteiger partial charge in [-0.3, -0.25) is 14.8 Å². The highest BCUT2D eigenvalue weighted by atomic mass is 79.9. The van der Waals surface area contributed by atoms with Crippen LogP contribution in [-0.4, -0.2) is 32.5 Å². The minimum absolute atomic E-state index is 0.0761. The predicted molar refractivity (Wildman–Crippen MR) is 51.1 cm³/mol. The minimum Gasteiger partial charge on any atom is -0.278 e. The SMILES string of the molecule is O=C1CC(Br)CN1c1n[nH]c(C(F)(F)F)n1. The molecule has 2 heterocycles. The van der Waals surface area contributed by atoms with Gasteiger partial charge in [-0.2, -0.15) is 18.2 Å². The lowest BCUT2D eigenvalue weighted by atomic mass is 10.4. The fourth-order valence-electron chi connectivity index (χ4n) is 1.36. The third kappa shape index (κ3) is 2.04. The van der Waals surface area contributed by atoms with Crippen LogP contribution in [-0.2, 0) is 11.0 Å². The Balaban J connectivity index is 2.23. The molecular formula is C7H6BrF3N4O. The van der Waals surface area contributed by atoms with E-state index in [1.165, 1.54) is 0 Å². The summed E-state index contributed by atoms with van der Waals surface area (Å²) in [5.41, 5.74) is 0. The van der Waals surface area contributed by atoms with Crippen LogP contribution in [0.3, 0.4) is 0 Å². The number of aromatic nitrogens is 3. The van der Waals surface area contributed by atoms with Gasteiger partial charge >= 0.3 is 6.18 Å². The second-order valence-corrected chi connectivity index (χ2v) is 4.58. The first-order valence-corrected chi connectivity index (χ1v) is 5.23. The Kier molecular flexibility index (Phi) is 2.64. The highest BCUT2D eigenvalue weighted by Gasteiger charge is 2.38. The van der Waals surface area contributed by atoms with E-state index in [4.69, 9.17) is 0 Å². The summed E-state index contributed by atoms with van der Waals surface area (Å²) in [7, 11) is 0. The first kappa shape index (κ1) is 11.4. The van der Waals surface area contributed by atoms with Gasteiger partial charge in [-0.25, -0.2) is 0 Å². The highest BCUT2D eigenvalue weighted by Crippen LogP contribution is 2.28. The van der Waals surface area contributed by atoms with E-state index in [9.17, 15) is 18.0 Å². The van der Waals surface area contributed by atoms with Crippen molar-refractivity contribution in [3.63, 3.8) is 0 Å². The molecule has 1 aromatic rings. The lowest BCUT2D eigenvalue weighted by Crippen LogP contribution is -2.25. The van der Waals surface area contributed by atoms with Gasteiger partial charge in [0.05, 0.1) is 0 Å². The fraction of sp³-hybridized carbons (Fsp3) is 0.571. The van der Waals surface area contributed by atoms with Crippen LogP contribution < -0.4 is 4.90 Å². The number of anilines is 1. The van der Waals surface area contributed by atoms with Gasteiger partial charge in [0.1, 0.15) is 0 Å². The number of carbonyl (C=O) groups excluding carboxylic acids is 1. The maximum absolute atomic E-state index is 12.2. The highest BCUT2D eigenvalue weighted by molar-refractivity contribution is 9.09. The van der Waals surface area contributed by atoms with Crippen LogP contribution in [0.15, 0.2) is 0 Å². The standard InChI is InChI=1S/C7H6BrF3N4O/c8-3-1-4(16)15(2-3)6-12-5(13-14-6)7(9,10)11/h3H,1-2H2,(H,12,13,14). The van der Waals surface area contributed by atoms with Gasteiger partial charge in [0.25, 0.3) is 5.95 Å². The molecule has 88 valence electrons. The number of hydrogen-bond donors (Lipinski definition) is 1. The molecule has 0 bridgehead atoms. The Bertz CT molecular complexity index is 418. The van der Waals surface area contributed by atoms with Crippen molar-refractivity contribution in [2.45, 2.75) is 17.4 Å². The second-order valence-electron chi connectivity index (χ2n) is 3.29. The summed E-state index contributed by atoms with van der Waals surface area (Å²) in [5.74, 6) is -1.73. The minimum atomic E-state index is -4.58. The van der Waals surface area contributed by atoms with Crippen LogP contribution in [0.4, 0.5) is 19.1 Å². The molecule has 0 aromatic carbocycles. The van der Waals surface area contributed by atoms with Crippen LogP contribution in [0, 0.1) is 0 Å². The molecule has 1 saturated heterocycles. The number of rotatable bonds is 1. The molecule has 0 spiro atoms. The quantitative estimate of drug-likeness (QED) is 0.796. The van der Waals surface area contributed by atoms with Crippen LogP contribution in [0.5, 0.6) is 0 Å². The molecule has 1 aliphatic rings. The van der Waals surface area contributed by atoms with E-state index in [0.717, 1.165) is 4.90 Å². The van der Waals surface area contributed by atoms with Gasteiger partial charge in [0.2, 0.25) is 11.7 Å². The molecule has 0 radical (unpaired) electrons. The van der Waals surface area contributed by atoms with Gasteiger partial charge in [-0.1, -0.05) is 15.9 Å². The van der Waals surface area contributed by atoms with Gasteiger partial charge < -0.3 is 0 Å². The van der Waals surface area contributed by atoms with E-state index in [1.54, 1.807) is 5.10 Å². The molecule has 1 fully saturated rings. The summed E-state index contributed by atoms with van der Waals surface area (Å²) in [5, 5.41) is 5.14. The smallest absolute Gasteiger partial charge is 0.278 e. The van der Waals surface area contributed by atoms with E-state index in [1.807, 2.05) is 0 Å². The maximum Gasteiger partial charge on any atom is 0.451 e. The molecule has 0 aliphatic carbocycles. The molecule has 2 rings (SSSR count). The predicted octanol–water partition coefficient (Wildman–Crippen LogP) is 1.32. The number of nitrogens with one attached hydrogen (secondary N) is 1. The van der Waals surface area contributed by atoms with Crippen molar-refractivity contribution < 1.29 is 18.0 Å². The van der Waals surface area contributed by atoms with Crippen molar-refractivity contribution in [2.24, 2.45) is 0 Å². The Labute approximate surface area is 96.2 Å². The molecule has 1 atom stereocenters.